The van der Waals surface area contributed by atoms with E-state index in [2.05, 4.69) is 21.7 Å². The number of carboxylic acid groups (broad SMARTS) is 1. The van der Waals surface area contributed by atoms with E-state index in [1.807, 2.05) is 34.5 Å². The van der Waals surface area contributed by atoms with Crippen molar-refractivity contribution in [2.24, 2.45) is 10.3 Å². The highest BCUT2D eigenvalue weighted by Gasteiger charge is 2.35. The lowest BCUT2D eigenvalue weighted by atomic mass is 9.98. The molecule has 37 heavy (non-hydrogen) atoms. The lowest BCUT2D eigenvalue weighted by Gasteiger charge is -2.39. The molecule has 1 amide bonds. The molecule has 0 saturated carbocycles. The lowest BCUT2D eigenvalue weighted by molar-refractivity contribution is -0.120. The van der Waals surface area contributed by atoms with E-state index in [4.69, 9.17) is 4.98 Å². The molecule has 3 aromatic rings. The van der Waals surface area contributed by atoms with Crippen LogP contribution in [-0.4, -0.2) is 67.7 Å². The predicted molar refractivity (Wildman–Crippen MR) is 142 cm³/mol. The molecular weight excluding hydrogens is 496 g/mol. The molecule has 1 saturated heterocycles. The summed E-state index contributed by atoms with van der Waals surface area (Å²) in [6, 6.07) is 3.64. The minimum atomic E-state index is -1.29. The molecule has 2 aliphatic rings. The molecule has 2 aliphatic heterocycles. The van der Waals surface area contributed by atoms with Crippen LogP contribution in [0.25, 0.3) is 11.0 Å². The Labute approximate surface area is 217 Å². The average Bonchev–Trinajstić information content (AvgIpc) is 3.37. The van der Waals surface area contributed by atoms with Crippen molar-refractivity contribution in [3.8, 4) is 0 Å². The Balaban J connectivity index is 1.40. The van der Waals surface area contributed by atoms with Gasteiger partial charge in [0.2, 0.25) is 11.3 Å². The Morgan fingerprint density at radius 1 is 1.24 bits per heavy atom. The van der Waals surface area contributed by atoms with Crippen LogP contribution in [0.5, 0.6) is 0 Å². The first-order valence-corrected chi connectivity index (χ1v) is 12.8. The number of fused-ring (bicyclic) bond motifs is 1. The van der Waals surface area contributed by atoms with Gasteiger partial charge in [0.15, 0.2) is 11.3 Å². The summed E-state index contributed by atoms with van der Waals surface area (Å²) in [5.41, 5.74) is 0.734. The third kappa shape index (κ3) is 4.43. The van der Waals surface area contributed by atoms with Gasteiger partial charge in [-0.05, 0) is 31.9 Å². The van der Waals surface area contributed by atoms with Crippen molar-refractivity contribution in [1.82, 2.24) is 24.2 Å². The molecule has 0 bridgehead atoms. The number of aromatic nitrogens is 4. The van der Waals surface area contributed by atoms with Gasteiger partial charge in [-0.1, -0.05) is 6.92 Å². The van der Waals surface area contributed by atoms with Crippen molar-refractivity contribution in [1.29, 1.82) is 0 Å². The molecule has 0 aliphatic carbocycles. The van der Waals surface area contributed by atoms with Crippen LogP contribution in [-0.2, 0) is 11.3 Å². The maximum atomic E-state index is 13.0. The van der Waals surface area contributed by atoms with Gasteiger partial charge >= 0.3 is 5.97 Å². The summed E-state index contributed by atoms with van der Waals surface area (Å²) < 4.78 is 7.75. The van der Waals surface area contributed by atoms with Crippen molar-refractivity contribution >= 4 is 52.8 Å². The van der Waals surface area contributed by atoms with Gasteiger partial charge in [0, 0.05) is 56.6 Å². The first-order valence-electron chi connectivity index (χ1n) is 12.0. The van der Waals surface area contributed by atoms with E-state index in [9.17, 15) is 19.5 Å². The van der Waals surface area contributed by atoms with Crippen LogP contribution in [0.2, 0.25) is 0 Å². The normalized spacial score (nSPS) is 17.5. The number of carbonyl (C=O) groups excluding carboxylic acids is 1. The molecule has 5 heterocycles. The van der Waals surface area contributed by atoms with Gasteiger partial charge in [0.1, 0.15) is 23.4 Å². The summed E-state index contributed by atoms with van der Waals surface area (Å²) in [4.78, 5) is 46.2. The Morgan fingerprint density at radius 3 is 2.65 bits per heavy atom. The highest BCUT2D eigenvalue weighted by Crippen LogP contribution is 2.34. The number of amides is 1. The summed E-state index contributed by atoms with van der Waals surface area (Å²) in [6.07, 6.45) is 3.93. The maximum absolute atomic E-state index is 13.0. The Bertz CT molecular complexity index is 1490. The fraction of sp³-hybridized carbons (Fsp3) is 0.417. The SMILES string of the molecule is CCCn1nc(NC(=O)C2CN(c3cc(C)c4c(=O)c(C(=O)O)cn(C5SN=CN5C)c4n3)C2)cc1C. The van der Waals surface area contributed by atoms with Crippen LogP contribution in [0, 0.1) is 19.8 Å². The molecule has 1 unspecified atom stereocenters. The maximum Gasteiger partial charge on any atom is 0.341 e. The van der Waals surface area contributed by atoms with Crippen LogP contribution in [0.15, 0.2) is 27.5 Å². The van der Waals surface area contributed by atoms with Gasteiger partial charge in [-0.3, -0.25) is 18.8 Å². The quantitative estimate of drug-likeness (QED) is 0.446. The van der Waals surface area contributed by atoms with Gasteiger partial charge in [-0.15, -0.1) is 0 Å². The molecule has 13 heteroatoms. The van der Waals surface area contributed by atoms with Crippen molar-refractivity contribution in [3.05, 3.63) is 45.4 Å². The Hall–Kier alpha value is -3.87. The summed E-state index contributed by atoms with van der Waals surface area (Å²) in [5, 5.41) is 17.3. The van der Waals surface area contributed by atoms with Crippen LogP contribution in [0.1, 0.15) is 40.5 Å². The summed E-state index contributed by atoms with van der Waals surface area (Å²) >= 11 is 1.24. The van der Waals surface area contributed by atoms with E-state index in [-0.39, 0.29) is 28.3 Å². The Kier molecular flexibility index (Phi) is 6.40. The van der Waals surface area contributed by atoms with Crippen LogP contribution in [0.3, 0.4) is 0 Å². The fourth-order valence-corrected chi connectivity index (χ4v) is 5.36. The number of aryl methyl sites for hydroxylation is 3. The number of carboxylic acids is 1. The third-order valence-corrected chi connectivity index (χ3v) is 7.58. The van der Waals surface area contributed by atoms with Crippen LogP contribution < -0.4 is 15.6 Å². The number of anilines is 2. The molecule has 0 radical (unpaired) electrons. The topological polar surface area (TPSA) is 138 Å². The number of aromatic carboxylic acids is 1. The second-order valence-electron chi connectivity index (χ2n) is 9.38. The molecule has 194 valence electrons. The highest BCUT2D eigenvalue weighted by molar-refractivity contribution is 7.98. The lowest BCUT2D eigenvalue weighted by Crippen LogP contribution is -2.52. The number of hydrogen-bond donors (Lipinski definition) is 2. The monoisotopic (exact) mass is 524 g/mol. The molecule has 2 N–H and O–H groups in total. The zero-order chi connectivity index (χ0) is 26.4. The van der Waals surface area contributed by atoms with E-state index < -0.39 is 11.4 Å². The predicted octanol–water partition coefficient (Wildman–Crippen LogP) is 2.47. The number of nitrogens with zero attached hydrogens (tertiary/aromatic N) is 7. The molecule has 0 aromatic carbocycles. The molecule has 12 nitrogen and oxygen atoms in total. The average molecular weight is 525 g/mol. The van der Waals surface area contributed by atoms with E-state index >= 15 is 0 Å². The number of pyridine rings is 2. The van der Waals surface area contributed by atoms with Gasteiger partial charge in [-0.25, -0.2) is 14.2 Å². The number of carbonyl (C=O) groups is 2. The van der Waals surface area contributed by atoms with Gasteiger partial charge in [0.05, 0.1) is 11.3 Å². The summed E-state index contributed by atoms with van der Waals surface area (Å²) in [6.45, 7) is 7.55. The largest absolute Gasteiger partial charge is 0.477 e. The minimum absolute atomic E-state index is 0.0981. The standard InChI is InChI=1S/C24H28N8O4S/c1-5-6-32-14(3)8-17(28-32)26-22(34)15-9-30(10-15)18-7-13(2)19-20(33)16(23(35)36)11-31(21(19)27-18)24-29(4)12-25-37-24/h7-8,11-12,15,24H,5-6,9-10H2,1-4H3,(H,35,36)(H,26,28,34). The molecule has 1 atom stereocenters. The van der Waals surface area contributed by atoms with Gasteiger partial charge in [-0.2, -0.15) is 5.10 Å². The second-order valence-corrected chi connectivity index (χ2v) is 10.2. The van der Waals surface area contributed by atoms with Crippen molar-refractivity contribution in [3.63, 3.8) is 0 Å². The van der Waals surface area contributed by atoms with E-state index in [1.54, 1.807) is 23.9 Å². The van der Waals surface area contributed by atoms with E-state index in [1.165, 1.54) is 18.1 Å². The molecule has 0 spiro atoms. The summed E-state index contributed by atoms with van der Waals surface area (Å²) in [5.74, 6) is -0.440. The van der Waals surface area contributed by atoms with E-state index in [0.29, 0.717) is 35.9 Å². The van der Waals surface area contributed by atoms with Gasteiger partial charge < -0.3 is 20.2 Å². The molecule has 3 aromatic heterocycles. The number of rotatable bonds is 7. The third-order valence-electron chi connectivity index (χ3n) is 6.61. The van der Waals surface area contributed by atoms with Crippen LogP contribution >= 0.6 is 11.9 Å². The first-order chi connectivity index (χ1) is 17.7. The number of nitrogens with one attached hydrogen (secondary N) is 1. The zero-order valence-corrected chi connectivity index (χ0v) is 21.8. The van der Waals surface area contributed by atoms with Crippen molar-refractivity contribution in [2.75, 3.05) is 30.4 Å². The molecular formula is C24H28N8O4S. The summed E-state index contributed by atoms with van der Waals surface area (Å²) in [7, 11) is 1.82. The van der Waals surface area contributed by atoms with Gasteiger partial charge in [0.25, 0.3) is 0 Å². The minimum Gasteiger partial charge on any atom is -0.477 e. The van der Waals surface area contributed by atoms with Crippen molar-refractivity contribution < 1.29 is 14.7 Å². The molecule has 1 fully saturated rings. The second kappa shape index (κ2) is 9.54. The smallest absolute Gasteiger partial charge is 0.341 e. The number of hydrogen-bond acceptors (Lipinski definition) is 9. The Morgan fingerprint density at radius 2 is 2.00 bits per heavy atom. The zero-order valence-electron chi connectivity index (χ0n) is 21.0. The van der Waals surface area contributed by atoms with E-state index in [0.717, 1.165) is 18.7 Å². The fourth-order valence-electron chi connectivity index (χ4n) is 4.59. The highest BCUT2D eigenvalue weighted by atomic mass is 32.2. The first kappa shape index (κ1) is 24.8. The van der Waals surface area contributed by atoms with Crippen LogP contribution in [0.4, 0.5) is 11.6 Å². The van der Waals surface area contributed by atoms with Crippen molar-refractivity contribution in [2.45, 2.75) is 39.2 Å². The molecule has 5 rings (SSSR count).